The van der Waals surface area contributed by atoms with E-state index < -0.39 is 0 Å². The minimum atomic E-state index is -0.193. The van der Waals surface area contributed by atoms with Crippen LogP contribution in [0.15, 0.2) is 11.1 Å². The maximum atomic E-state index is 12.8. The predicted octanol–water partition coefficient (Wildman–Crippen LogP) is 3.14. The van der Waals surface area contributed by atoms with Crippen LogP contribution in [0.4, 0.5) is 0 Å². The lowest BCUT2D eigenvalue weighted by molar-refractivity contribution is -0.140. The van der Waals surface area contributed by atoms with Gasteiger partial charge in [-0.2, -0.15) is 0 Å². The predicted molar refractivity (Wildman–Crippen MR) is 95.8 cm³/mol. The van der Waals surface area contributed by atoms with E-state index in [1.807, 2.05) is 18.7 Å². The Balaban J connectivity index is 1.95. The molecule has 136 valence electrons. The van der Waals surface area contributed by atoms with Crippen LogP contribution >= 0.6 is 11.8 Å². The van der Waals surface area contributed by atoms with Gasteiger partial charge in [0.05, 0.1) is 19.6 Å². The van der Waals surface area contributed by atoms with Crippen LogP contribution in [-0.2, 0) is 19.1 Å². The summed E-state index contributed by atoms with van der Waals surface area (Å²) < 4.78 is 10.3. The second-order valence-corrected chi connectivity index (χ2v) is 7.72. The van der Waals surface area contributed by atoms with E-state index in [2.05, 4.69) is 0 Å². The molecule has 5 nitrogen and oxygen atoms in total. The molecule has 1 amide bonds. The van der Waals surface area contributed by atoms with Crippen LogP contribution in [0.1, 0.15) is 52.4 Å². The molecule has 24 heavy (non-hydrogen) atoms. The van der Waals surface area contributed by atoms with Crippen LogP contribution in [0.3, 0.4) is 0 Å². The van der Waals surface area contributed by atoms with Gasteiger partial charge in [0.1, 0.15) is 5.37 Å². The molecule has 1 aliphatic heterocycles. The molecule has 0 spiro atoms. The summed E-state index contributed by atoms with van der Waals surface area (Å²) in [5, 5.41) is 0.0940. The Morgan fingerprint density at radius 3 is 2.79 bits per heavy atom. The summed E-state index contributed by atoms with van der Waals surface area (Å²) >= 11 is 1.70. The molecule has 0 aromatic rings. The number of carbonyl (C=O) groups is 2. The highest BCUT2D eigenvalue weighted by atomic mass is 32.2. The third kappa shape index (κ3) is 4.99. The Hall–Kier alpha value is -1.01. The third-order valence-electron chi connectivity index (χ3n) is 4.41. The van der Waals surface area contributed by atoms with Gasteiger partial charge in [-0.05, 0) is 51.5 Å². The minimum Gasteiger partial charge on any atom is -0.469 e. The number of nitrogens with zero attached hydrogens (tertiary/aromatic N) is 1. The summed E-state index contributed by atoms with van der Waals surface area (Å²) in [6.07, 6.45) is 5.63. The van der Waals surface area contributed by atoms with Gasteiger partial charge in [-0.1, -0.05) is 0 Å². The second-order valence-electron chi connectivity index (χ2n) is 6.53. The third-order valence-corrected chi connectivity index (χ3v) is 5.71. The lowest BCUT2D eigenvalue weighted by atomic mass is 9.94. The molecule has 1 unspecified atom stereocenters. The molecule has 0 saturated carbocycles. The lowest BCUT2D eigenvalue weighted by Crippen LogP contribution is -2.35. The molecule has 1 heterocycles. The van der Waals surface area contributed by atoms with Crippen molar-refractivity contribution >= 4 is 23.6 Å². The molecular formula is C18H29NO4S. The minimum absolute atomic E-state index is 0.0940. The van der Waals surface area contributed by atoms with E-state index in [9.17, 15) is 9.59 Å². The van der Waals surface area contributed by atoms with Crippen LogP contribution in [0.5, 0.6) is 0 Å². The number of esters is 1. The zero-order valence-electron chi connectivity index (χ0n) is 15.0. The fourth-order valence-corrected chi connectivity index (χ4v) is 4.58. The molecule has 0 saturated heterocycles. The molecule has 0 bridgehead atoms. The van der Waals surface area contributed by atoms with Crippen LogP contribution in [-0.4, -0.2) is 54.3 Å². The van der Waals surface area contributed by atoms with E-state index in [0.717, 1.165) is 37.7 Å². The van der Waals surface area contributed by atoms with Crippen molar-refractivity contribution < 1.29 is 19.1 Å². The van der Waals surface area contributed by atoms with Crippen LogP contribution in [0.25, 0.3) is 0 Å². The van der Waals surface area contributed by atoms with Crippen molar-refractivity contribution in [2.75, 3.05) is 26.0 Å². The summed E-state index contributed by atoms with van der Waals surface area (Å²) in [5.41, 5.74) is 2.33. The van der Waals surface area contributed by atoms with Gasteiger partial charge in [0.2, 0.25) is 0 Å². The van der Waals surface area contributed by atoms with E-state index in [1.54, 1.807) is 11.8 Å². The number of hydrogen-bond donors (Lipinski definition) is 0. The zero-order chi connectivity index (χ0) is 17.5. The van der Waals surface area contributed by atoms with Crippen molar-refractivity contribution in [2.24, 2.45) is 0 Å². The first-order valence-electron chi connectivity index (χ1n) is 8.87. The number of methoxy groups -OCH3 is 1. The quantitative estimate of drug-likeness (QED) is 0.470. The van der Waals surface area contributed by atoms with Gasteiger partial charge >= 0.3 is 5.97 Å². The average molecular weight is 356 g/mol. The van der Waals surface area contributed by atoms with E-state index >= 15 is 0 Å². The molecule has 1 atom stereocenters. The first-order valence-corrected chi connectivity index (χ1v) is 9.92. The van der Waals surface area contributed by atoms with Crippen LogP contribution in [0, 0.1) is 0 Å². The maximum absolute atomic E-state index is 12.8. The number of amides is 1. The van der Waals surface area contributed by atoms with Gasteiger partial charge < -0.3 is 14.4 Å². The van der Waals surface area contributed by atoms with Crippen molar-refractivity contribution in [3.8, 4) is 0 Å². The molecule has 0 fully saturated rings. The highest BCUT2D eigenvalue weighted by molar-refractivity contribution is 8.00. The number of rotatable bonds is 9. The first-order chi connectivity index (χ1) is 11.5. The maximum Gasteiger partial charge on any atom is 0.306 e. The van der Waals surface area contributed by atoms with E-state index in [4.69, 9.17) is 9.47 Å². The molecule has 0 radical (unpaired) electrons. The highest BCUT2D eigenvalue weighted by Gasteiger charge is 2.39. The van der Waals surface area contributed by atoms with Crippen LogP contribution in [0.2, 0.25) is 0 Å². The summed E-state index contributed by atoms with van der Waals surface area (Å²) in [4.78, 5) is 26.1. The van der Waals surface area contributed by atoms with E-state index in [0.29, 0.717) is 25.3 Å². The van der Waals surface area contributed by atoms with Crippen molar-refractivity contribution in [3.63, 3.8) is 0 Å². The van der Waals surface area contributed by atoms with Crippen LogP contribution < -0.4 is 0 Å². The summed E-state index contributed by atoms with van der Waals surface area (Å²) in [6.45, 7) is 5.43. The number of thioether (sulfide) groups is 1. The SMILES string of the molecule is COC(=O)CCSC1C2=C(CCCC2)C(=O)N1CCCOC(C)C. The summed E-state index contributed by atoms with van der Waals surface area (Å²) in [7, 11) is 1.41. The number of hydrogen-bond acceptors (Lipinski definition) is 5. The standard InChI is InChI=1S/C18H29NO4S/c1-13(2)23-11-6-10-19-17(21)14-7-4-5-8-15(14)18(19)24-12-9-16(20)22-3/h13,18H,4-12H2,1-3H3. The van der Waals surface area contributed by atoms with Crippen molar-refractivity contribution in [1.82, 2.24) is 4.90 Å². The Bertz CT molecular complexity index is 489. The number of carbonyl (C=O) groups excluding carboxylic acids is 2. The largest absolute Gasteiger partial charge is 0.469 e. The van der Waals surface area contributed by atoms with Crippen molar-refractivity contribution in [1.29, 1.82) is 0 Å². The van der Waals surface area contributed by atoms with Gasteiger partial charge in [-0.3, -0.25) is 9.59 Å². The highest BCUT2D eigenvalue weighted by Crippen LogP contribution is 2.41. The zero-order valence-corrected chi connectivity index (χ0v) is 15.8. The number of ether oxygens (including phenoxy) is 2. The first kappa shape index (κ1) is 19.3. The summed E-state index contributed by atoms with van der Waals surface area (Å²) in [5.74, 6) is 0.687. The Morgan fingerprint density at radius 2 is 2.08 bits per heavy atom. The smallest absolute Gasteiger partial charge is 0.306 e. The second kappa shape index (κ2) is 9.47. The Labute approximate surface area is 149 Å². The monoisotopic (exact) mass is 355 g/mol. The molecule has 2 rings (SSSR count). The Morgan fingerprint density at radius 1 is 1.33 bits per heavy atom. The average Bonchev–Trinajstić information content (AvgIpc) is 2.84. The topological polar surface area (TPSA) is 55.8 Å². The molecule has 1 aliphatic carbocycles. The molecular weight excluding hydrogens is 326 g/mol. The van der Waals surface area contributed by atoms with Gasteiger partial charge in [-0.25, -0.2) is 0 Å². The Kier molecular flexibility index (Phi) is 7.62. The molecule has 6 heteroatoms. The normalized spacial score (nSPS) is 20.8. The van der Waals surface area contributed by atoms with Gasteiger partial charge in [0, 0.05) is 24.5 Å². The molecule has 0 aromatic heterocycles. The van der Waals surface area contributed by atoms with E-state index in [-0.39, 0.29) is 23.4 Å². The van der Waals surface area contributed by atoms with Crippen molar-refractivity contribution in [3.05, 3.63) is 11.1 Å². The molecule has 0 aromatic carbocycles. The fraction of sp³-hybridized carbons (Fsp3) is 0.778. The molecule has 0 N–H and O–H groups in total. The fourth-order valence-electron chi connectivity index (χ4n) is 3.23. The molecule has 2 aliphatic rings. The van der Waals surface area contributed by atoms with Gasteiger partial charge in [-0.15, -0.1) is 11.8 Å². The van der Waals surface area contributed by atoms with E-state index in [1.165, 1.54) is 12.7 Å². The van der Waals surface area contributed by atoms with Gasteiger partial charge in [0.15, 0.2) is 0 Å². The summed E-state index contributed by atoms with van der Waals surface area (Å²) in [6, 6.07) is 0. The van der Waals surface area contributed by atoms with Crippen molar-refractivity contribution in [2.45, 2.75) is 63.9 Å². The van der Waals surface area contributed by atoms with Gasteiger partial charge in [0.25, 0.3) is 5.91 Å². The lowest BCUT2D eigenvalue weighted by Gasteiger charge is -2.27.